The first-order valence-corrected chi connectivity index (χ1v) is 10.4. The summed E-state index contributed by atoms with van der Waals surface area (Å²) in [6.07, 6.45) is 5.07. The molecule has 0 spiro atoms. The van der Waals surface area contributed by atoms with Crippen molar-refractivity contribution in [1.82, 2.24) is 0 Å². The van der Waals surface area contributed by atoms with Crippen LogP contribution in [-0.4, -0.2) is 19.3 Å². The summed E-state index contributed by atoms with van der Waals surface area (Å²) in [4.78, 5) is 3.75. The Balaban J connectivity index is 1.61. The van der Waals surface area contributed by atoms with Crippen molar-refractivity contribution in [2.75, 3.05) is 18.1 Å². The van der Waals surface area contributed by atoms with Crippen LogP contribution in [0.2, 0.25) is 0 Å². The Bertz CT molecular complexity index is 817. The SMILES string of the molecule is CCN1C(=Cc2cc(C)[n+](C[C@H]3CCCO3)c(C)c2)Sc2ccccc21. The fourth-order valence-corrected chi connectivity index (χ4v) is 5.14. The van der Waals surface area contributed by atoms with Gasteiger partial charge in [-0.3, -0.25) is 0 Å². The van der Waals surface area contributed by atoms with E-state index in [9.17, 15) is 0 Å². The molecule has 0 saturated carbocycles. The Labute approximate surface area is 160 Å². The maximum absolute atomic E-state index is 5.83. The molecule has 3 heterocycles. The smallest absolute Gasteiger partial charge is 0.179 e. The summed E-state index contributed by atoms with van der Waals surface area (Å²) in [5, 5.41) is 1.31. The number of rotatable bonds is 4. The molecule has 4 rings (SSSR count). The molecule has 0 N–H and O–H groups in total. The van der Waals surface area contributed by atoms with Gasteiger partial charge in [0.05, 0.1) is 10.7 Å². The fraction of sp³-hybridized carbons (Fsp3) is 0.409. The Kier molecular flexibility index (Phi) is 5.05. The van der Waals surface area contributed by atoms with Crippen molar-refractivity contribution in [2.24, 2.45) is 0 Å². The van der Waals surface area contributed by atoms with E-state index in [-0.39, 0.29) is 0 Å². The topological polar surface area (TPSA) is 16.4 Å². The number of thioether (sulfide) groups is 1. The first-order valence-electron chi connectivity index (χ1n) is 9.54. The summed E-state index contributed by atoms with van der Waals surface area (Å²) in [6.45, 7) is 9.50. The minimum absolute atomic E-state index is 0.372. The molecule has 2 aromatic rings. The van der Waals surface area contributed by atoms with Crippen molar-refractivity contribution in [1.29, 1.82) is 0 Å². The predicted molar refractivity (Wildman–Crippen MR) is 108 cm³/mol. The summed E-state index contributed by atoms with van der Waals surface area (Å²) in [6, 6.07) is 13.3. The van der Waals surface area contributed by atoms with Crippen molar-refractivity contribution >= 4 is 23.5 Å². The quantitative estimate of drug-likeness (QED) is 0.729. The van der Waals surface area contributed by atoms with Crippen LogP contribution < -0.4 is 9.47 Å². The number of para-hydroxylation sites is 1. The molecule has 0 radical (unpaired) electrons. The second-order valence-corrected chi connectivity index (χ2v) is 8.18. The van der Waals surface area contributed by atoms with Crippen molar-refractivity contribution in [3.05, 3.63) is 58.4 Å². The molecule has 136 valence electrons. The van der Waals surface area contributed by atoms with Crippen LogP contribution in [0.4, 0.5) is 5.69 Å². The highest BCUT2D eigenvalue weighted by Gasteiger charge is 2.25. The molecule has 4 heteroatoms. The zero-order valence-corrected chi connectivity index (χ0v) is 16.7. The zero-order valence-electron chi connectivity index (χ0n) is 15.9. The van der Waals surface area contributed by atoms with Crippen LogP contribution >= 0.6 is 11.8 Å². The molecule has 1 saturated heterocycles. The van der Waals surface area contributed by atoms with E-state index >= 15 is 0 Å². The number of ether oxygens (including phenoxy) is 1. The molecule has 0 amide bonds. The Morgan fingerprint density at radius 3 is 2.69 bits per heavy atom. The zero-order chi connectivity index (χ0) is 18.1. The van der Waals surface area contributed by atoms with E-state index in [0.717, 1.165) is 19.7 Å². The van der Waals surface area contributed by atoms with E-state index in [2.05, 4.69) is 72.7 Å². The largest absolute Gasteiger partial charge is 0.372 e. The number of hydrogen-bond acceptors (Lipinski definition) is 3. The van der Waals surface area contributed by atoms with Crippen LogP contribution in [0.25, 0.3) is 6.08 Å². The molecule has 26 heavy (non-hydrogen) atoms. The lowest BCUT2D eigenvalue weighted by Crippen LogP contribution is -2.45. The minimum Gasteiger partial charge on any atom is -0.372 e. The summed E-state index contributed by atoms with van der Waals surface area (Å²) in [5.74, 6) is 0. The molecule has 0 unspecified atom stereocenters. The maximum Gasteiger partial charge on any atom is 0.179 e. The van der Waals surface area contributed by atoms with E-state index in [1.54, 1.807) is 0 Å². The number of aromatic nitrogens is 1. The Morgan fingerprint density at radius 2 is 2.00 bits per heavy atom. The highest BCUT2D eigenvalue weighted by molar-refractivity contribution is 8.03. The van der Waals surface area contributed by atoms with E-state index < -0.39 is 0 Å². The van der Waals surface area contributed by atoms with Gasteiger partial charge in [-0.05, 0) is 43.5 Å². The van der Waals surface area contributed by atoms with Crippen LogP contribution in [0.1, 0.15) is 36.7 Å². The summed E-state index contributed by atoms with van der Waals surface area (Å²) >= 11 is 1.87. The number of pyridine rings is 1. The van der Waals surface area contributed by atoms with Gasteiger partial charge in [0.1, 0.15) is 6.10 Å². The van der Waals surface area contributed by atoms with Gasteiger partial charge in [0.2, 0.25) is 0 Å². The fourth-order valence-electron chi connectivity index (χ4n) is 3.95. The minimum atomic E-state index is 0.372. The average molecular weight is 368 g/mol. The molecule has 3 nitrogen and oxygen atoms in total. The standard InChI is InChI=1S/C22H27N2OS/c1-4-23-20-9-5-6-10-21(20)26-22(23)14-18-12-16(2)24(17(3)13-18)15-19-8-7-11-25-19/h5-6,9-10,12-14,19H,4,7-8,11,15H2,1-3H3/q+1/t19-/m1/s1. The van der Waals surface area contributed by atoms with E-state index in [1.807, 2.05) is 11.8 Å². The second kappa shape index (κ2) is 7.45. The molecule has 0 bridgehead atoms. The summed E-state index contributed by atoms with van der Waals surface area (Å²) in [5.41, 5.74) is 5.20. The number of nitrogens with zero attached hydrogens (tertiary/aromatic N) is 2. The van der Waals surface area contributed by atoms with E-state index in [1.165, 1.54) is 45.4 Å². The van der Waals surface area contributed by atoms with Crippen molar-refractivity contribution in [2.45, 2.75) is 51.2 Å². The van der Waals surface area contributed by atoms with Gasteiger partial charge in [-0.2, -0.15) is 4.57 Å². The highest BCUT2D eigenvalue weighted by Crippen LogP contribution is 2.46. The predicted octanol–water partition coefficient (Wildman–Crippen LogP) is 4.70. The van der Waals surface area contributed by atoms with E-state index in [0.29, 0.717) is 6.10 Å². The molecule has 1 aromatic carbocycles. The third-order valence-electron chi connectivity index (χ3n) is 5.26. The van der Waals surface area contributed by atoms with Crippen LogP contribution in [0.15, 0.2) is 46.3 Å². The summed E-state index contributed by atoms with van der Waals surface area (Å²) < 4.78 is 8.22. The second-order valence-electron chi connectivity index (χ2n) is 7.11. The first kappa shape index (κ1) is 17.6. The van der Waals surface area contributed by atoms with Gasteiger partial charge in [-0.15, -0.1) is 0 Å². The Hall–Kier alpha value is -1.78. The lowest BCUT2D eigenvalue weighted by atomic mass is 10.1. The van der Waals surface area contributed by atoms with Crippen molar-refractivity contribution in [3.8, 4) is 0 Å². The number of benzene rings is 1. The van der Waals surface area contributed by atoms with Crippen molar-refractivity contribution < 1.29 is 9.30 Å². The number of aryl methyl sites for hydroxylation is 2. The highest BCUT2D eigenvalue weighted by atomic mass is 32.2. The lowest BCUT2D eigenvalue weighted by Gasteiger charge is -2.18. The number of anilines is 1. The summed E-state index contributed by atoms with van der Waals surface area (Å²) in [7, 11) is 0. The number of hydrogen-bond donors (Lipinski definition) is 0. The Morgan fingerprint density at radius 1 is 1.23 bits per heavy atom. The molecule has 0 aliphatic carbocycles. The van der Waals surface area contributed by atoms with Gasteiger partial charge in [-0.25, -0.2) is 0 Å². The molecule has 1 aromatic heterocycles. The monoisotopic (exact) mass is 367 g/mol. The van der Waals surface area contributed by atoms with Gasteiger partial charge in [0.25, 0.3) is 0 Å². The molecule has 1 fully saturated rings. The third kappa shape index (κ3) is 3.40. The van der Waals surface area contributed by atoms with Gasteiger partial charge in [-0.1, -0.05) is 23.9 Å². The average Bonchev–Trinajstić information content (AvgIpc) is 3.25. The van der Waals surface area contributed by atoms with Gasteiger partial charge in [0, 0.05) is 44.0 Å². The first-order chi connectivity index (χ1) is 12.7. The van der Waals surface area contributed by atoms with Gasteiger partial charge >= 0.3 is 0 Å². The van der Waals surface area contributed by atoms with Crippen LogP contribution in [0.5, 0.6) is 0 Å². The molecule has 2 aliphatic rings. The normalized spacial score (nSPS) is 20.8. The molecule has 2 aliphatic heterocycles. The van der Waals surface area contributed by atoms with Crippen LogP contribution in [0, 0.1) is 13.8 Å². The van der Waals surface area contributed by atoms with Gasteiger partial charge in [0.15, 0.2) is 17.9 Å². The lowest BCUT2D eigenvalue weighted by molar-refractivity contribution is -0.714. The van der Waals surface area contributed by atoms with Gasteiger partial charge < -0.3 is 9.64 Å². The molecular weight excluding hydrogens is 340 g/mol. The number of fused-ring (bicyclic) bond motifs is 1. The van der Waals surface area contributed by atoms with Crippen LogP contribution in [-0.2, 0) is 11.3 Å². The maximum atomic E-state index is 5.83. The van der Waals surface area contributed by atoms with Crippen molar-refractivity contribution in [3.63, 3.8) is 0 Å². The molecular formula is C22H27N2OS+. The van der Waals surface area contributed by atoms with Crippen LogP contribution in [0.3, 0.4) is 0 Å². The third-order valence-corrected chi connectivity index (χ3v) is 6.37. The van der Waals surface area contributed by atoms with E-state index in [4.69, 9.17) is 4.74 Å². The molecule has 1 atom stereocenters.